The van der Waals surface area contributed by atoms with E-state index in [9.17, 15) is 14.0 Å². The van der Waals surface area contributed by atoms with Gasteiger partial charge in [-0.1, -0.05) is 0 Å². The van der Waals surface area contributed by atoms with E-state index in [1.54, 1.807) is 23.0 Å². The SMILES string of the molecule is CNC(=O)c1cc(Oc2ccc(NC(=O)NNc3ccc4c(cnn4C)c3)c(F)c2)ccn1. The molecule has 0 bridgehead atoms. The molecule has 3 amide bonds. The van der Waals surface area contributed by atoms with Crippen LogP contribution < -0.4 is 26.2 Å². The van der Waals surface area contributed by atoms with Crippen molar-refractivity contribution in [3.63, 3.8) is 0 Å². The third-order valence-electron chi connectivity index (χ3n) is 4.68. The van der Waals surface area contributed by atoms with E-state index < -0.39 is 11.8 Å². The highest BCUT2D eigenvalue weighted by molar-refractivity contribution is 5.92. The van der Waals surface area contributed by atoms with Crippen molar-refractivity contribution in [2.24, 2.45) is 7.05 Å². The van der Waals surface area contributed by atoms with Crippen LogP contribution in [-0.2, 0) is 7.05 Å². The van der Waals surface area contributed by atoms with Crippen LogP contribution in [-0.4, -0.2) is 33.8 Å². The summed E-state index contributed by atoms with van der Waals surface area (Å²) in [5.74, 6) is -0.558. The van der Waals surface area contributed by atoms with Crippen LogP contribution in [0, 0.1) is 5.82 Å². The number of hydrazine groups is 1. The van der Waals surface area contributed by atoms with E-state index in [0.717, 1.165) is 17.0 Å². The van der Waals surface area contributed by atoms with Gasteiger partial charge in [-0.3, -0.25) is 25.3 Å². The largest absolute Gasteiger partial charge is 0.457 e. The van der Waals surface area contributed by atoms with E-state index in [1.165, 1.54) is 31.4 Å². The Bertz CT molecular complexity index is 1340. The zero-order valence-electron chi connectivity index (χ0n) is 17.7. The summed E-state index contributed by atoms with van der Waals surface area (Å²) < 4.78 is 21.8. The number of hydrogen-bond donors (Lipinski definition) is 4. The van der Waals surface area contributed by atoms with Crippen molar-refractivity contribution in [2.45, 2.75) is 0 Å². The molecule has 2 aromatic carbocycles. The Morgan fingerprint density at radius 3 is 2.67 bits per heavy atom. The molecule has 33 heavy (non-hydrogen) atoms. The normalized spacial score (nSPS) is 10.5. The van der Waals surface area contributed by atoms with E-state index in [-0.39, 0.29) is 23.0 Å². The monoisotopic (exact) mass is 449 g/mol. The number of ether oxygens (including phenoxy) is 1. The van der Waals surface area contributed by atoms with Crippen LogP contribution in [0.15, 0.2) is 60.9 Å². The summed E-state index contributed by atoms with van der Waals surface area (Å²) in [5, 5.41) is 9.96. The first-order chi connectivity index (χ1) is 15.9. The number of aromatic nitrogens is 3. The number of benzene rings is 2. The summed E-state index contributed by atoms with van der Waals surface area (Å²) in [7, 11) is 3.33. The van der Waals surface area contributed by atoms with Gasteiger partial charge in [-0.15, -0.1) is 0 Å². The number of carbonyl (C=O) groups is 2. The van der Waals surface area contributed by atoms with Crippen molar-refractivity contribution >= 4 is 34.2 Å². The van der Waals surface area contributed by atoms with E-state index >= 15 is 0 Å². The number of urea groups is 1. The zero-order valence-corrected chi connectivity index (χ0v) is 17.7. The second-order valence-corrected chi connectivity index (χ2v) is 6.95. The van der Waals surface area contributed by atoms with Crippen LogP contribution >= 0.6 is 0 Å². The van der Waals surface area contributed by atoms with Crippen LogP contribution in [0.25, 0.3) is 10.9 Å². The average Bonchev–Trinajstić information content (AvgIpc) is 3.19. The molecule has 2 heterocycles. The fourth-order valence-corrected chi connectivity index (χ4v) is 3.05. The van der Waals surface area contributed by atoms with E-state index in [2.05, 4.69) is 31.6 Å². The Labute approximate surface area is 187 Å². The molecule has 2 aromatic heterocycles. The first-order valence-corrected chi connectivity index (χ1v) is 9.83. The highest BCUT2D eigenvalue weighted by Crippen LogP contribution is 2.26. The van der Waals surface area contributed by atoms with Crippen molar-refractivity contribution in [2.75, 3.05) is 17.8 Å². The minimum atomic E-state index is -0.694. The van der Waals surface area contributed by atoms with Gasteiger partial charge in [-0.2, -0.15) is 5.10 Å². The maximum Gasteiger partial charge on any atom is 0.337 e. The van der Waals surface area contributed by atoms with E-state index in [4.69, 9.17) is 4.74 Å². The number of anilines is 2. The Morgan fingerprint density at radius 1 is 1.06 bits per heavy atom. The molecule has 168 valence electrons. The summed E-state index contributed by atoms with van der Waals surface area (Å²) in [6.07, 6.45) is 3.13. The van der Waals surface area contributed by atoms with Crippen molar-refractivity contribution in [1.29, 1.82) is 0 Å². The number of hydrogen-bond acceptors (Lipinski definition) is 6. The molecule has 4 N–H and O–H groups in total. The number of rotatable bonds is 6. The molecule has 0 spiro atoms. The molecule has 4 aromatic rings. The summed E-state index contributed by atoms with van der Waals surface area (Å²) in [4.78, 5) is 27.8. The summed E-state index contributed by atoms with van der Waals surface area (Å²) in [5.41, 5.74) is 6.94. The lowest BCUT2D eigenvalue weighted by molar-refractivity contribution is 0.0958. The van der Waals surface area contributed by atoms with Crippen molar-refractivity contribution < 1.29 is 18.7 Å². The minimum Gasteiger partial charge on any atom is -0.457 e. The molecule has 0 radical (unpaired) electrons. The topological polar surface area (TPSA) is 122 Å². The van der Waals surface area contributed by atoms with Crippen LogP contribution in [0.2, 0.25) is 0 Å². The van der Waals surface area contributed by atoms with Crippen molar-refractivity contribution in [1.82, 2.24) is 25.5 Å². The Morgan fingerprint density at radius 2 is 1.88 bits per heavy atom. The molecule has 0 fully saturated rings. The number of pyridine rings is 1. The molecule has 0 unspecified atom stereocenters. The van der Waals surface area contributed by atoms with Crippen molar-refractivity contribution in [3.8, 4) is 11.5 Å². The number of fused-ring (bicyclic) bond motifs is 1. The van der Waals surface area contributed by atoms with Crippen LogP contribution in [0.5, 0.6) is 11.5 Å². The molecule has 0 aliphatic carbocycles. The Hall–Kier alpha value is -4.67. The number of amides is 3. The average molecular weight is 449 g/mol. The second kappa shape index (κ2) is 9.22. The van der Waals surface area contributed by atoms with Gasteiger partial charge in [-0.05, 0) is 36.4 Å². The number of carbonyl (C=O) groups excluding carboxylic acids is 2. The van der Waals surface area contributed by atoms with Crippen LogP contribution in [0.1, 0.15) is 10.5 Å². The van der Waals surface area contributed by atoms with Gasteiger partial charge in [0.1, 0.15) is 23.0 Å². The second-order valence-electron chi connectivity index (χ2n) is 6.95. The molecule has 10 nitrogen and oxygen atoms in total. The Kier molecular flexibility index (Phi) is 6.02. The van der Waals surface area contributed by atoms with Gasteiger partial charge < -0.3 is 15.4 Å². The highest BCUT2D eigenvalue weighted by atomic mass is 19.1. The number of aryl methyl sites for hydroxylation is 1. The van der Waals surface area contributed by atoms with Gasteiger partial charge in [0, 0.05) is 37.8 Å². The molecule has 0 atom stereocenters. The zero-order chi connectivity index (χ0) is 23.4. The highest BCUT2D eigenvalue weighted by Gasteiger charge is 2.11. The number of nitrogens with zero attached hydrogens (tertiary/aromatic N) is 3. The van der Waals surface area contributed by atoms with Gasteiger partial charge in [0.05, 0.1) is 23.1 Å². The van der Waals surface area contributed by atoms with Crippen LogP contribution in [0.3, 0.4) is 0 Å². The lowest BCUT2D eigenvalue weighted by atomic mass is 10.2. The molecular weight excluding hydrogens is 429 g/mol. The lowest BCUT2D eigenvalue weighted by Gasteiger charge is -2.12. The molecule has 4 rings (SSSR count). The van der Waals surface area contributed by atoms with Gasteiger partial charge in [0.2, 0.25) is 0 Å². The molecule has 0 aliphatic rings. The maximum atomic E-state index is 14.5. The third kappa shape index (κ3) is 4.98. The molecule has 0 saturated carbocycles. The van der Waals surface area contributed by atoms with Gasteiger partial charge in [-0.25, -0.2) is 9.18 Å². The Balaban J connectivity index is 1.36. The first kappa shape index (κ1) is 21.6. The standard InChI is InChI=1S/C22H20FN7O3/c1-24-21(31)19-11-16(7-8-25-19)33-15-4-5-18(17(23)10-15)27-22(32)29-28-14-3-6-20-13(9-14)12-26-30(20)2/h3-12,28H,1-2H3,(H,24,31)(H2,27,29,32). The predicted molar refractivity (Wildman–Crippen MR) is 121 cm³/mol. The van der Waals surface area contributed by atoms with E-state index in [0.29, 0.717) is 11.4 Å². The lowest BCUT2D eigenvalue weighted by Crippen LogP contribution is -2.33. The van der Waals surface area contributed by atoms with Gasteiger partial charge in [0.15, 0.2) is 0 Å². The predicted octanol–water partition coefficient (Wildman–Crippen LogP) is 3.41. The smallest absolute Gasteiger partial charge is 0.337 e. The fraction of sp³-hybridized carbons (Fsp3) is 0.0909. The molecule has 0 aliphatic heterocycles. The van der Waals surface area contributed by atoms with Crippen LogP contribution in [0.4, 0.5) is 20.6 Å². The van der Waals surface area contributed by atoms with E-state index in [1.807, 2.05) is 19.2 Å². The fourth-order valence-electron chi connectivity index (χ4n) is 3.05. The minimum absolute atomic E-state index is 0.0369. The number of nitrogens with one attached hydrogen (secondary N) is 4. The van der Waals surface area contributed by atoms with Crippen molar-refractivity contribution in [3.05, 3.63) is 72.4 Å². The maximum absolute atomic E-state index is 14.5. The molecule has 11 heteroatoms. The summed E-state index contributed by atoms with van der Waals surface area (Å²) in [6.45, 7) is 0. The first-order valence-electron chi connectivity index (χ1n) is 9.83. The molecule has 0 saturated heterocycles. The van der Waals surface area contributed by atoms with Gasteiger partial charge in [0.25, 0.3) is 5.91 Å². The quantitative estimate of drug-likeness (QED) is 0.335. The molecular formula is C22H20FN7O3. The van der Waals surface area contributed by atoms with Gasteiger partial charge >= 0.3 is 6.03 Å². The number of halogens is 1. The summed E-state index contributed by atoms with van der Waals surface area (Å²) >= 11 is 0. The summed E-state index contributed by atoms with van der Waals surface area (Å²) in [6, 6.07) is 11.8. The third-order valence-corrected chi connectivity index (χ3v) is 4.68.